The lowest BCUT2D eigenvalue weighted by atomic mass is 10.1. The Hall–Kier alpha value is -1.82. The van der Waals surface area contributed by atoms with Gasteiger partial charge in [-0.05, 0) is 35.2 Å². The topological polar surface area (TPSA) is 78.4 Å². The molecule has 2 atom stereocenters. The Bertz CT molecular complexity index is 510. The van der Waals surface area contributed by atoms with Gasteiger partial charge in [0.2, 0.25) is 0 Å². The van der Waals surface area contributed by atoms with E-state index in [-0.39, 0.29) is 12.1 Å². The number of hydrogen-bond acceptors (Lipinski definition) is 3. The molecule has 1 aliphatic carbocycles. The smallest absolute Gasteiger partial charge is 0.315 e. The molecule has 1 aromatic rings. The summed E-state index contributed by atoms with van der Waals surface area (Å²) in [6.07, 6.45) is 3.77. The molecule has 3 N–H and O–H groups in total. The van der Waals surface area contributed by atoms with Crippen LogP contribution in [-0.2, 0) is 11.3 Å². The minimum atomic E-state index is -0.852. The number of carboxylic acids is 1. The molecule has 1 heterocycles. The number of hydrogen-bond donors (Lipinski definition) is 3. The second-order valence-electron chi connectivity index (χ2n) is 4.58. The van der Waals surface area contributed by atoms with E-state index in [9.17, 15) is 9.59 Å². The van der Waals surface area contributed by atoms with Gasteiger partial charge in [-0.15, -0.1) is 0 Å². The van der Waals surface area contributed by atoms with E-state index in [4.69, 9.17) is 5.11 Å². The quantitative estimate of drug-likeness (QED) is 0.737. The Morgan fingerprint density at radius 3 is 2.79 bits per heavy atom. The lowest BCUT2D eigenvalue weighted by Gasteiger charge is -2.13. The number of carboxylic acid groups (broad SMARTS) is 1. The summed E-state index contributed by atoms with van der Waals surface area (Å²) in [6.45, 7) is 2.49. The summed E-state index contributed by atoms with van der Waals surface area (Å²) < 4.78 is 0. The molecule has 0 radical (unpaired) electrons. The average Bonchev–Trinajstić information content (AvgIpc) is 2.96. The van der Waals surface area contributed by atoms with Gasteiger partial charge in [-0.2, -0.15) is 11.3 Å². The zero-order valence-electron chi connectivity index (χ0n) is 10.6. The highest BCUT2D eigenvalue weighted by Crippen LogP contribution is 2.18. The van der Waals surface area contributed by atoms with Crippen molar-refractivity contribution in [3.63, 3.8) is 0 Å². The van der Waals surface area contributed by atoms with E-state index in [2.05, 4.69) is 10.6 Å². The average molecular weight is 280 g/mol. The van der Waals surface area contributed by atoms with E-state index < -0.39 is 11.9 Å². The van der Waals surface area contributed by atoms with Gasteiger partial charge in [0.25, 0.3) is 0 Å². The summed E-state index contributed by atoms with van der Waals surface area (Å²) in [5.74, 6) is -1.35. The minimum absolute atomic E-state index is 0.204. The van der Waals surface area contributed by atoms with Crippen LogP contribution in [0.25, 0.3) is 0 Å². The Balaban J connectivity index is 1.75. The number of carbonyl (C=O) groups is 2. The summed E-state index contributed by atoms with van der Waals surface area (Å²) in [6, 6.07) is -0.476. The molecule has 19 heavy (non-hydrogen) atoms. The number of rotatable bonds is 4. The van der Waals surface area contributed by atoms with Gasteiger partial charge in [0.1, 0.15) is 0 Å². The van der Waals surface area contributed by atoms with E-state index in [0.717, 1.165) is 11.1 Å². The third kappa shape index (κ3) is 3.57. The van der Waals surface area contributed by atoms with Gasteiger partial charge in [-0.3, -0.25) is 4.79 Å². The molecule has 0 fully saturated rings. The molecule has 2 rings (SSSR count). The fraction of sp³-hybridized carbons (Fsp3) is 0.385. The number of thiophene rings is 1. The number of urea groups is 1. The molecule has 0 saturated carbocycles. The fourth-order valence-corrected chi connectivity index (χ4v) is 2.81. The van der Waals surface area contributed by atoms with Gasteiger partial charge >= 0.3 is 12.0 Å². The molecule has 1 aliphatic rings. The molecule has 0 saturated heterocycles. The summed E-state index contributed by atoms with van der Waals surface area (Å²) >= 11 is 1.61. The maximum absolute atomic E-state index is 11.7. The summed E-state index contributed by atoms with van der Waals surface area (Å²) in [4.78, 5) is 22.5. The molecule has 5 nitrogen and oxygen atoms in total. The molecule has 0 bridgehead atoms. The van der Waals surface area contributed by atoms with Gasteiger partial charge in [-0.25, -0.2) is 4.79 Å². The highest BCUT2D eigenvalue weighted by molar-refractivity contribution is 7.08. The van der Waals surface area contributed by atoms with Crippen molar-refractivity contribution in [3.05, 3.63) is 34.0 Å². The van der Waals surface area contributed by atoms with Crippen LogP contribution in [0, 0.1) is 12.8 Å². The first-order valence-electron chi connectivity index (χ1n) is 6.03. The van der Waals surface area contributed by atoms with Crippen LogP contribution in [0.5, 0.6) is 0 Å². The van der Waals surface area contributed by atoms with Crippen molar-refractivity contribution >= 4 is 23.3 Å². The van der Waals surface area contributed by atoms with E-state index in [0.29, 0.717) is 13.0 Å². The Morgan fingerprint density at radius 2 is 2.21 bits per heavy atom. The normalized spacial score (nSPS) is 21.3. The van der Waals surface area contributed by atoms with E-state index in [1.807, 2.05) is 17.7 Å². The lowest BCUT2D eigenvalue weighted by molar-refractivity contribution is -0.140. The Labute approximate surface area is 115 Å². The number of aryl methyl sites for hydroxylation is 1. The third-order valence-electron chi connectivity index (χ3n) is 3.12. The van der Waals surface area contributed by atoms with Gasteiger partial charge in [0.15, 0.2) is 0 Å². The predicted molar refractivity (Wildman–Crippen MR) is 73.1 cm³/mol. The minimum Gasteiger partial charge on any atom is -0.481 e. The van der Waals surface area contributed by atoms with E-state index >= 15 is 0 Å². The first-order valence-corrected chi connectivity index (χ1v) is 6.97. The molecule has 0 aliphatic heterocycles. The van der Waals surface area contributed by atoms with Crippen LogP contribution in [-0.4, -0.2) is 23.1 Å². The van der Waals surface area contributed by atoms with Crippen LogP contribution >= 0.6 is 11.3 Å². The van der Waals surface area contributed by atoms with Crippen LogP contribution in [0.1, 0.15) is 17.5 Å². The third-order valence-corrected chi connectivity index (χ3v) is 4.03. The number of nitrogens with one attached hydrogen (secondary N) is 2. The lowest BCUT2D eigenvalue weighted by Crippen LogP contribution is -2.40. The van der Waals surface area contributed by atoms with E-state index in [1.165, 1.54) is 0 Å². The highest BCUT2D eigenvalue weighted by Gasteiger charge is 2.25. The van der Waals surface area contributed by atoms with Crippen LogP contribution in [0.4, 0.5) is 4.79 Å². The molecule has 0 spiro atoms. The Morgan fingerprint density at radius 1 is 1.42 bits per heavy atom. The monoisotopic (exact) mass is 280 g/mol. The van der Waals surface area contributed by atoms with Crippen molar-refractivity contribution in [3.8, 4) is 0 Å². The maximum atomic E-state index is 11.7. The molecule has 0 aromatic carbocycles. The van der Waals surface area contributed by atoms with E-state index in [1.54, 1.807) is 23.5 Å². The largest absolute Gasteiger partial charge is 0.481 e. The molecular weight excluding hydrogens is 264 g/mol. The first-order chi connectivity index (χ1) is 9.06. The highest BCUT2D eigenvalue weighted by atomic mass is 32.1. The Kier molecular flexibility index (Phi) is 4.21. The zero-order valence-corrected chi connectivity index (χ0v) is 11.4. The predicted octanol–water partition coefficient (Wildman–Crippen LogP) is 1.89. The van der Waals surface area contributed by atoms with Crippen molar-refractivity contribution < 1.29 is 14.7 Å². The number of aliphatic carboxylic acids is 1. The van der Waals surface area contributed by atoms with Crippen LogP contribution in [0.3, 0.4) is 0 Å². The molecule has 1 aromatic heterocycles. The van der Waals surface area contributed by atoms with Crippen molar-refractivity contribution in [2.45, 2.75) is 25.9 Å². The summed E-state index contributed by atoms with van der Waals surface area (Å²) in [7, 11) is 0. The number of carbonyl (C=O) groups excluding carboxylic acids is 1. The zero-order chi connectivity index (χ0) is 13.8. The maximum Gasteiger partial charge on any atom is 0.315 e. The number of amides is 2. The first kappa shape index (κ1) is 13.6. The van der Waals surface area contributed by atoms with Crippen molar-refractivity contribution in [2.24, 2.45) is 5.92 Å². The van der Waals surface area contributed by atoms with Crippen LogP contribution < -0.4 is 10.6 Å². The van der Waals surface area contributed by atoms with Crippen molar-refractivity contribution in [1.29, 1.82) is 0 Å². The summed E-state index contributed by atoms with van der Waals surface area (Å²) in [5.41, 5.74) is 2.27. The van der Waals surface area contributed by atoms with Crippen molar-refractivity contribution in [1.82, 2.24) is 10.6 Å². The van der Waals surface area contributed by atoms with Gasteiger partial charge in [0, 0.05) is 6.54 Å². The fourth-order valence-electron chi connectivity index (χ4n) is 1.95. The van der Waals surface area contributed by atoms with Gasteiger partial charge in [0.05, 0.1) is 12.0 Å². The van der Waals surface area contributed by atoms with Gasteiger partial charge < -0.3 is 15.7 Å². The SMILES string of the molecule is Cc1cscc1CNC(=O)NC1C=CC(C(=O)O)C1. The molecule has 102 valence electrons. The molecule has 2 amide bonds. The second-order valence-corrected chi connectivity index (χ2v) is 5.32. The summed E-state index contributed by atoms with van der Waals surface area (Å²) in [5, 5.41) is 18.4. The second kappa shape index (κ2) is 5.88. The van der Waals surface area contributed by atoms with Crippen LogP contribution in [0.15, 0.2) is 22.9 Å². The molecular formula is C13H16N2O3S. The van der Waals surface area contributed by atoms with Crippen molar-refractivity contribution in [2.75, 3.05) is 0 Å². The molecule has 6 heteroatoms. The molecule has 2 unspecified atom stereocenters. The van der Waals surface area contributed by atoms with Gasteiger partial charge in [-0.1, -0.05) is 12.2 Å². The standard InChI is InChI=1S/C13H16N2O3S/c1-8-6-19-7-10(8)5-14-13(18)15-11-3-2-9(4-11)12(16)17/h2-3,6-7,9,11H,4-5H2,1H3,(H,16,17)(H2,14,15,18). The van der Waals surface area contributed by atoms with Crippen LogP contribution in [0.2, 0.25) is 0 Å².